The second-order valence-electron chi connectivity index (χ2n) is 7.47. The summed E-state index contributed by atoms with van der Waals surface area (Å²) in [6, 6.07) is 0.243. The van der Waals surface area contributed by atoms with Crippen molar-refractivity contribution in [1.29, 1.82) is 0 Å². The van der Waals surface area contributed by atoms with Gasteiger partial charge in [-0.2, -0.15) is 0 Å². The normalized spacial score (nSPS) is 26.8. The Morgan fingerprint density at radius 3 is 2.64 bits per heavy atom. The van der Waals surface area contributed by atoms with Gasteiger partial charge < -0.3 is 19.7 Å². The van der Waals surface area contributed by atoms with Crippen molar-refractivity contribution in [3.05, 3.63) is 0 Å². The maximum atomic E-state index is 12.3. The van der Waals surface area contributed by atoms with E-state index in [0.717, 1.165) is 45.5 Å². The minimum Gasteiger partial charge on any atom is -0.444 e. The van der Waals surface area contributed by atoms with Gasteiger partial charge in [-0.1, -0.05) is 0 Å². The molecule has 0 aromatic rings. The maximum absolute atomic E-state index is 12.3. The molecule has 2 fully saturated rings. The fraction of sp³-hybridized carbons (Fsp3) is 0.941. The van der Waals surface area contributed by atoms with Crippen LogP contribution in [0.25, 0.3) is 0 Å². The van der Waals surface area contributed by atoms with Gasteiger partial charge in [0, 0.05) is 32.3 Å². The number of rotatable bonds is 4. The van der Waals surface area contributed by atoms with Gasteiger partial charge in [-0.05, 0) is 59.3 Å². The molecule has 2 saturated heterocycles. The molecule has 0 radical (unpaired) electrons. The second kappa shape index (κ2) is 8.16. The summed E-state index contributed by atoms with van der Waals surface area (Å²) in [5.74, 6) is 0. The number of amides is 1. The van der Waals surface area contributed by atoms with Crippen molar-refractivity contribution in [1.82, 2.24) is 10.2 Å². The first-order valence-electron chi connectivity index (χ1n) is 8.77. The third kappa shape index (κ3) is 5.76. The van der Waals surface area contributed by atoms with Gasteiger partial charge in [-0.3, -0.25) is 0 Å². The van der Waals surface area contributed by atoms with E-state index in [4.69, 9.17) is 9.47 Å². The molecule has 0 saturated carbocycles. The van der Waals surface area contributed by atoms with Gasteiger partial charge in [0.05, 0.1) is 6.10 Å². The Bertz CT molecular complexity index is 348. The smallest absolute Gasteiger partial charge is 0.410 e. The standard InChI is InChI=1S/C17H32N2O3/c1-17(2,3)22-16(20)19-10-6-4-8-14(19)12-18-13-15-9-5-7-11-21-15/h14-15,18H,4-13H2,1-3H3. The average Bonchev–Trinajstić information content (AvgIpc) is 2.47. The van der Waals surface area contributed by atoms with Crippen LogP contribution in [0.4, 0.5) is 4.79 Å². The van der Waals surface area contributed by atoms with Crippen LogP contribution in [0.5, 0.6) is 0 Å². The number of hydrogen-bond acceptors (Lipinski definition) is 4. The molecule has 0 spiro atoms. The Morgan fingerprint density at radius 1 is 1.18 bits per heavy atom. The predicted molar refractivity (Wildman–Crippen MR) is 87.0 cm³/mol. The van der Waals surface area contributed by atoms with E-state index in [1.165, 1.54) is 19.3 Å². The summed E-state index contributed by atoms with van der Waals surface area (Å²) in [4.78, 5) is 14.2. The Kier molecular flexibility index (Phi) is 6.50. The Hall–Kier alpha value is -0.810. The zero-order chi connectivity index (χ0) is 16.0. The first kappa shape index (κ1) is 17.5. The van der Waals surface area contributed by atoms with E-state index < -0.39 is 5.60 Å². The van der Waals surface area contributed by atoms with E-state index in [1.54, 1.807) is 0 Å². The highest BCUT2D eigenvalue weighted by atomic mass is 16.6. The zero-order valence-electron chi connectivity index (χ0n) is 14.4. The fourth-order valence-corrected chi connectivity index (χ4v) is 3.15. The summed E-state index contributed by atoms with van der Waals surface area (Å²) in [6.45, 7) is 9.17. The van der Waals surface area contributed by atoms with Gasteiger partial charge in [0.15, 0.2) is 0 Å². The molecular formula is C17H32N2O3. The lowest BCUT2D eigenvalue weighted by molar-refractivity contribution is 0.00570. The van der Waals surface area contributed by atoms with Gasteiger partial charge in [0.25, 0.3) is 0 Å². The minimum absolute atomic E-state index is 0.173. The Balaban J connectivity index is 1.77. The van der Waals surface area contributed by atoms with E-state index in [-0.39, 0.29) is 12.1 Å². The summed E-state index contributed by atoms with van der Waals surface area (Å²) in [6.07, 6.45) is 7.07. The molecule has 5 nitrogen and oxygen atoms in total. The second-order valence-corrected chi connectivity index (χ2v) is 7.47. The topological polar surface area (TPSA) is 50.8 Å². The molecule has 0 aromatic heterocycles. The van der Waals surface area contributed by atoms with Crippen LogP contribution in [-0.4, -0.2) is 55.0 Å². The van der Waals surface area contributed by atoms with Gasteiger partial charge in [-0.25, -0.2) is 4.79 Å². The molecule has 128 valence electrons. The molecule has 2 rings (SSSR count). The largest absolute Gasteiger partial charge is 0.444 e. The van der Waals surface area contributed by atoms with Crippen molar-refractivity contribution in [3.63, 3.8) is 0 Å². The molecule has 22 heavy (non-hydrogen) atoms. The summed E-state index contributed by atoms with van der Waals surface area (Å²) in [7, 11) is 0. The van der Waals surface area contributed by atoms with Gasteiger partial charge in [0.2, 0.25) is 0 Å². The molecule has 2 atom stereocenters. The van der Waals surface area contributed by atoms with E-state index >= 15 is 0 Å². The van der Waals surface area contributed by atoms with Gasteiger partial charge in [-0.15, -0.1) is 0 Å². The molecular weight excluding hydrogens is 280 g/mol. The van der Waals surface area contributed by atoms with Crippen molar-refractivity contribution in [2.24, 2.45) is 0 Å². The third-order valence-corrected chi connectivity index (χ3v) is 4.28. The van der Waals surface area contributed by atoms with Crippen LogP contribution in [0.1, 0.15) is 59.3 Å². The monoisotopic (exact) mass is 312 g/mol. The van der Waals surface area contributed by atoms with E-state index in [9.17, 15) is 4.79 Å². The number of nitrogens with one attached hydrogen (secondary N) is 1. The summed E-state index contributed by atoms with van der Waals surface area (Å²) in [5, 5.41) is 3.50. The number of likely N-dealkylation sites (tertiary alicyclic amines) is 1. The highest BCUT2D eigenvalue weighted by Crippen LogP contribution is 2.20. The zero-order valence-corrected chi connectivity index (χ0v) is 14.4. The molecule has 1 amide bonds. The van der Waals surface area contributed by atoms with Crippen LogP contribution in [0, 0.1) is 0 Å². The third-order valence-electron chi connectivity index (χ3n) is 4.28. The summed E-state index contributed by atoms with van der Waals surface area (Å²) >= 11 is 0. The van der Waals surface area contributed by atoms with Crippen molar-refractivity contribution in [2.45, 2.75) is 77.0 Å². The van der Waals surface area contributed by atoms with Crippen LogP contribution in [0.2, 0.25) is 0 Å². The number of piperidine rings is 1. The highest BCUT2D eigenvalue weighted by Gasteiger charge is 2.30. The lowest BCUT2D eigenvalue weighted by Crippen LogP contribution is -2.50. The Labute approximate surface area is 134 Å². The fourth-order valence-electron chi connectivity index (χ4n) is 3.15. The van der Waals surface area contributed by atoms with Crippen molar-refractivity contribution >= 4 is 6.09 Å². The first-order chi connectivity index (χ1) is 10.5. The summed E-state index contributed by atoms with van der Waals surface area (Å²) < 4.78 is 11.3. The molecule has 2 aliphatic heterocycles. The minimum atomic E-state index is -0.428. The number of carbonyl (C=O) groups excluding carboxylic acids is 1. The lowest BCUT2D eigenvalue weighted by Gasteiger charge is -2.37. The van der Waals surface area contributed by atoms with Gasteiger partial charge in [0.1, 0.15) is 5.60 Å². The maximum Gasteiger partial charge on any atom is 0.410 e. The Morgan fingerprint density at radius 2 is 1.95 bits per heavy atom. The SMILES string of the molecule is CC(C)(C)OC(=O)N1CCCCC1CNCC1CCCCO1. The molecule has 5 heteroatoms. The lowest BCUT2D eigenvalue weighted by atomic mass is 10.0. The molecule has 2 heterocycles. The van der Waals surface area contributed by atoms with E-state index in [0.29, 0.717) is 6.10 Å². The molecule has 2 unspecified atom stereocenters. The summed E-state index contributed by atoms with van der Waals surface area (Å²) in [5.41, 5.74) is -0.428. The van der Waals surface area contributed by atoms with Crippen LogP contribution < -0.4 is 5.32 Å². The van der Waals surface area contributed by atoms with Crippen LogP contribution in [0.15, 0.2) is 0 Å². The number of hydrogen-bond donors (Lipinski definition) is 1. The number of carbonyl (C=O) groups is 1. The molecule has 0 bridgehead atoms. The molecule has 2 aliphatic rings. The van der Waals surface area contributed by atoms with Crippen molar-refractivity contribution < 1.29 is 14.3 Å². The van der Waals surface area contributed by atoms with Crippen LogP contribution >= 0.6 is 0 Å². The van der Waals surface area contributed by atoms with E-state index in [2.05, 4.69) is 5.32 Å². The average molecular weight is 312 g/mol. The van der Waals surface area contributed by atoms with Crippen LogP contribution in [-0.2, 0) is 9.47 Å². The van der Waals surface area contributed by atoms with E-state index in [1.807, 2.05) is 25.7 Å². The van der Waals surface area contributed by atoms with Crippen LogP contribution in [0.3, 0.4) is 0 Å². The molecule has 1 N–H and O–H groups in total. The first-order valence-corrected chi connectivity index (χ1v) is 8.77. The molecule has 0 aromatic carbocycles. The predicted octanol–water partition coefficient (Wildman–Crippen LogP) is 2.93. The number of ether oxygens (including phenoxy) is 2. The number of nitrogens with zero attached hydrogens (tertiary/aromatic N) is 1. The van der Waals surface area contributed by atoms with Gasteiger partial charge >= 0.3 is 6.09 Å². The quantitative estimate of drug-likeness (QED) is 0.867. The van der Waals surface area contributed by atoms with Crippen molar-refractivity contribution in [3.8, 4) is 0 Å². The van der Waals surface area contributed by atoms with Crippen molar-refractivity contribution in [2.75, 3.05) is 26.2 Å². The highest BCUT2D eigenvalue weighted by molar-refractivity contribution is 5.68. The molecule has 0 aliphatic carbocycles.